The van der Waals surface area contributed by atoms with Gasteiger partial charge in [0.05, 0.1) is 19.8 Å². The maximum absolute atomic E-state index is 6.10. The minimum atomic E-state index is 0. The van der Waals surface area contributed by atoms with Gasteiger partial charge >= 0.3 is 0 Å². The molecule has 1 heterocycles. The van der Waals surface area contributed by atoms with Crippen molar-refractivity contribution in [1.82, 2.24) is 10.6 Å². The second kappa shape index (κ2) is 14.9. The summed E-state index contributed by atoms with van der Waals surface area (Å²) in [6.45, 7) is 9.51. The lowest BCUT2D eigenvalue weighted by Crippen LogP contribution is -2.38. The number of hydrogen-bond acceptors (Lipinski definition) is 4. The number of halogens is 1. The van der Waals surface area contributed by atoms with Crippen molar-refractivity contribution in [2.45, 2.75) is 39.7 Å². The van der Waals surface area contributed by atoms with Gasteiger partial charge in [-0.05, 0) is 31.4 Å². The van der Waals surface area contributed by atoms with E-state index in [0.717, 1.165) is 62.9 Å². The normalized spacial score (nSPS) is 16.5. The van der Waals surface area contributed by atoms with Gasteiger partial charge in [0.15, 0.2) is 5.96 Å². The molecule has 28 heavy (non-hydrogen) atoms. The molecule has 1 aliphatic rings. The van der Waals surface area contributed by atoms with Crippen LogP contribution in [-0.4, -0.2) is 52.6 Å². The molecule has 6 nitrogen and oxygen atoms in total. The van der Waals surface area contributed by atoms with Gasteiger partial charge in [-0.25, -0.2) is 0 Å². The second-order valence-corrected chi connectivity index (χ2v) is 6.97. The summed E-state index contributed by atoms with van der Waals surface area (Å²) in [7, 11) is 1.78. The van der Waals surface area contributed by atoms with E-state index in [1.807, 2.05) is 0 Å². The molecule has 0 aromatic heterocycles. The van der Waals surface area contributed by atoms with Crippen LogP contribution < -0.4 is 15.4 Å². The van der Waals surface area contributed by atoms with Crippen LogP contribution in [0.15, 0.2) is 23.2 Å². The molecule has 1 atom stereocenters. The van der Waals surface area contributed by atoms with Crippen molar-refractivity contribution in [3.8, 4) is 5.75 Å². The minimum absolute atomic E-state index is 0. The number of ether oxygens (including phenoxy) is 3. The number of rotatable bonds is 11. The molecule has 1 aliphatic heterocycles. The van der Waals surface area contributed by atoms with Crippen molar-refractivity contribution in [2.24, 2.45) is 10.9 Å². The quantitative estimate of drug-likeness (QED) is 0.209. The number of hydrogen-bond donors (Lipinski definition) is 2. The smallest absolute Gasteiger partial charge is 0.191 e. The Kier molecular flexibility index (Phi) is 13.3. The molecular formula is C21H36IN3O3. The number of nitrogens with one attached hydrogen (secondary N) is 2. The van der Waals surface area contributed by atoms with Crippen molar-refractivity contribution in [2.75, 3.05) is 46.6 Å². The fourth-order valence-corrected chi connectivity index (χ4v) is 2.85. The summed E-state index contributed by atoms with van der Waals surface area (Å²) in [6, 6.07) is 6.33. The Morgan fingerprint density at radius 2 is 2.14 bits per heavy atom. The van der Waals surface area contributed by atoms with E-state index in [9.17, 15) is 0 Å². The largest absolute Gasteiger partial charge is 0.493 e. The summed E-state index contributed by atoms with van der Waals surface area (Å²) in [5.74, 6) is 2.20. The first kappa shape index (κ1) is 25.0. The molecule has 1 fully saturated rings. The summed E-state index contributed by atoms with van der Waals surface area (Å²) in [5.41, 5.74) is 2.32. The Morgan fingerprint density at radius 1 is 1.29 bits per heavy atom. The molecular weight excluding hydrogens is 469 g/mol. The number of unbranched alkanes of at least 4 members (excludes halogenated alkanes) is 1. The first-order chi connectivity index (χ1) is 13.2. The van der Waals surface area contributed by atoms with E-state index in [1.54, 1.807) is 7.05 Å². The highest BCUT2D eigenvalue weighted by molar-refractivity contribution is 14.0. The lowest BCUT2D eigenvalue weighted by Gasteiger charge is -2.17. The van der Waals surface area contributed by atoms with Crippen molar-refractivity contribution in [3.05, 3.63) is 29.3 Å². The lowest BCUT2D eigenvalue weighted by molar-refractivity contribution is 0.136. The van der Waals surface area contributed by atoms with E-state index in [1.165, 1.54) is 5.56 Å². The van der Waals surface area contributed by atoms with Crippen LogP contribution in [0.25, 0.3) is 0 Å². The first-order valence-electron chi connectivity index (χ1n) is 10.0. The monoisotopic (exact) mass is 505 g/mol. The fourth-order valence-electron chi connectivity index (χ4n) is 2.85. The van der Waals surface area contributed by atoms with Gasteiger partial charge in [0, 0.05) is 44.8 Å². The Balaban J connectivity index is 0.00000392. The fraction of sp³-hybridized carbons (Fsp3) is 0.667. The van der Waals surface area contributed by atoms with Gasteiger partial charge in [-0.2, -0.15) is 0 Å². The van der Waals surface area contributed by atoms with Crippen LogP contribution in [0.1, 0.15) is 37.3 Å². The Morgan fingerprint density at radius 3 is 2.86 bits per heavy atom. The molecule has 0 bridgehead atoms. The van der Waals surface area contributed by atoms with E-state index in [2.05, 4.69) is 47.7 Å². The third-order valence-electron chi connectivity index (χ3n) is 4.57. The summed E-state index contributed by atoms with van der Waals surface area (Å²) >= 11 is 0. The molecule has 1 unspecified atom stereocenters. The Bertz CT molecular complexity index is 578. The molecule has 0 aliphatic carbocycles. The maximum Gasteiger partial charge on any atom is 0.191 e. The molecule has 1 aromatic rings. The molecule has 1 saturated heterocycles. The number of benzene rings is 1. The number of aliphatic imine (C=N–C) groups is 1. The summed E-state index contributed by atoms with van der Waals surface area (Å²) < 4.78 is 17.1. The van der Waals surface area contributed by atoms with E-state index in [4.69, 9.17) is 14.2 Å². The molecule has 2 rings (SSSR count). The zero-order valence-corrected chi connectivity index (χ0v) is 19.8. The second-order valence-electron chi connectivity index (χ2n) is 6.97. The Hall–Kier alpha value is -1.06. The number of guanidine groups is 1. The predicted molar refractivity (Wildman–Crippen MR) is 125 cm³/mol. The Labute approximate surface area is 186 Å². The van der Waals surface area contributed by atoms with Crippen molar-refractivity contribution >= 4 is 29.9 Å². The van der Waals surface area contributed by atoms with E-state index in [0.29, 0.717) is 25.7 Å². The van der Waals surface area contributed by atoms with Gasteiger partial charge in [0.2, 0.25) is 0 Å². The van der Waals surface area contributed by atoms with E-state index >= 15 is 0 Å². The average molecular weight is 505 g/mol. The van der Waals surface area contributed by atoms with E-state index in [-0.39, 0.29) is 24.0 Å². The molecule has 1 aromatic carbocycles. The summed E-state index contributed by atoms with van der Waals surface area (Å²) in [6.07, 6.45) is 3.35. The summed E-state index contributed by atoms with van der Waals surface area (Å²) in [5, 5.41) is 6.63. The predicted octanol–water partition coefficient (Wildman–Crippen LogP) is 3.51. The third kappa shape index (κ3) is 9.43. The van der Waals surface area contributed by atoms with E-state index < -0.39 is 0 Å². The van der Waals surface area contributed by atoms with Crippen molar-refractivity contribution in [1.29, 1.82) is 0 Å². The average Bonchev–Trinajstić information content (AvgIpc) is 3.20. The van der Waals surface area contributed by atoms with Crippen LogP contribution in [-0.2, 0) is 16.0 Å². The SMILES string of the molecule is CCCCOCCNC(=NC)NCc1ccc(C)cc1OCC1CCOC1.I. The molecule has 160 valence electrons. The van der Waals surface area contributed by atoms with Gasteiger partial charge in [-0.3, -0.25) is 4.99 Å². The lowest BCUT2D eigenvalue weighted by atomic mass is 10.1. The van der Waals surface area contributed by atoms with Gasteiger partial charge in [0.1, 0.15) is 5.75 Å². The standard InChI is InChI=1S/C21H35N3O3.HI/c1-4-5-10-25-12-9-23-21(22-3)24-14-19-7-6-17(2)13-20(19)27-16-18-8-11-26-15-18;/h6-7,13,18H,4-5,8-12,14-16H2,1-3H3,(H2,22,23,24);1H. The maximum atomic E-state index is 6.10. The molecule has 2 N–H and O–H groups in total. The topological polar surface area (TPSA) is 64.1 Å². The van der Waals surface area contributed by atoms with Gasteiger partial charge in [0.25, 0.3) is 0 Å². The molecule has 0 spiro atoms. The molecule has 0 radical (unpaired) electrons. The molecule has 0 saturated carbocycles. The van der Waals surface area contributed by atoms with Crippen LogP contribution in [0, 0.1) is 12.8 Å². The highest BCUT2D eigenvalue weighted by atomic mass is 127. The van der Waals surface area contributed by atoms with Gasteiger partial charge < -0.3 is 24.8 Å². The zero-order valence-electron chi connectivity index (χ0n) is 17.5. The first-order valence-corrected chi connectivity index (χ1v) is 10.0. The van der Waals surface area contributed by atoms with Crippen LogP contribution in [0.3, 0.4) is 0 Å². The van der Waals surface area contributed by atoms with Crippen molar-refractivity contribution < 1.29 is 14.2 Å². The third-order valence-corrected chi connectivity index (χ3v) is 4.57. The molecule has 7 heteroatoms. The summed E-state index contributed by atoms with van der Waals surface area (Å²) in [4.78, 5) is 4.27. The van der Waals surface area contributed by atoms with Crippen LogP contribution in [0.4, 0.5) is 0 Å². The zero-order chi connectivity index (χ0) is 19.3. The van der Waals surface area contributed by atoms with Crippen LogP contribution in [0.2, 0.25) is 0 Å². The van der Waals surface area contributed by atoms with Crippen LogP contribution in [0.5, 0.6) is 5.75 Å². The minimum Gasteiger partial charge on any atom is -0.493 e. The number of aryl methyl sites for hydroxylation is 1. The van der Waals surface area contributed by atoms with Gasteiger partial charge in [-0.1, -0.05) is 25.5 Å². The highest BCUT2D eigenvalue weighted by Gasteiger charge is 2.17. The van der Waals surface area contributed by atoms with Crippen molar-refractivity contribution in [3.63, 3.8) is 0 Å². The van der Waals surface area contributed by atoms with Gasteiger partial charge in [-0.15, -0.1) is 24.0 Å². The highest BCUT2D eigenvalue weighted by Crippen LogP contribution is 2.22. The number of nitrogens with zero attached hydrogens (tertiary/aromatic N) is 1. The molecule has 0 amide bonds. The van der Waals surface area contributed by atoms with Crippen LogP contribution >= 0.6 is 24.0 Å².